The van der Waals surface area contributed by atoms with Gasteiger partial charge in [-0.3, -0.25) is 24.0 Å². The third-order valence-electron chi connectivity index (χ3n) is 7.60. The van der Waals surface area contributed by atoms with Crippen molar-refractivity contribution < 1.29 is 24.0 Å². The molecule has 240 valence electrons. The van der Waals surface area contributed by atoms with Crippen LogP contribution in [0.5, 0.6) is 0 Å². The fourth-order valence-corrected chi connectivity index (χ4v) is 5.15. The maximum Gasteiger partial charge on any atom is 0.246 e. The Morgan fingerprint density at radius 1 is 0.844 bits per heavy atom. The second kappa shape index (κ2) is 15.3. The fraction of sp³-hybridized carbons (Fsp3) is 0.469. The number of amides is 5. The van der Waals surface area contributed by atoms with Gasteiger partial charge in [0.2, 0.25) is 29.5 Å². The second-order valence-corrected chi connectivity index (χ2v) is 11.8. The van der Waals surface area contributed by atoms with Crippen LogP contribution in [-0.4, -0.2) is 86.7 Å². The normalized spacial score (nSPS) is 22.2. The maximum atomic E-state index is 13.7. The number of nitrogens with one attached hydrogen (secondary N) is 4. The van der Waals surface area contributed by atoms with Gasteiger partial charge in [-0.2, -0.15) is 15.0 Å². The largest absolute Gasteiger partial charge is 0.350 e. The van der Waals surface area contributed by atoms with Gasteiger partial charge in [-0.05, 0) is 43.4 Å². The van der Waals surface area contributed by atoms with Crippen LogP contribution in [0.1, 0.15) is 46.1 Å². The molecule has 13 nitrogen and oxygen atoms in total. The second-order valence-electron chi connectivity index (χ2n) is 11.8. The number of aromatic nitrogens is 3. The SMILES string of the molecule is CC[C@H]1CN(C(=O)Cn2nc3ccccc3n2)CC(=O)N[C@H](C)C(=O)N[C@@H](CC(C)C)C(=O)N[C@@H](Cc2ccccc2)C(=O)N1. The van der Waals surface area contributed by atoms with Crippen LogP contribution in [0, 0.1) is 5.92 Å². The first-order valence-electron chi connectivity index (χ1n) is 15.3. The summed E-state index contributed by atoms with van der Waals surface area (Å²) >= 11 is 0. The Labute approximate surface area is 262 Å². The van der Waals surface area contributed by atoms with Gasteiger partial charge in [0.05, 0.1) is 6.54 Å². The van der Waals surface area contributed by atoms with Gasteiger partial charge >= 0.3 is 0 Å². The Morgan fingerprint density at radius 3 is 2.07 bits per heavy atom. The molecule has 4 N–H and O–H groups in total. The van der Waals surface area contributed by atoms with E-state index >= 15 is 0 Å². The average molecular weight is 619 g/mol. The molecule has 0 radical (unpaired) electrons. The van der Waals surface area contributed by atoms with E-state index in [0.29, 0.717) is 23.9 Å². The van der Waals surface area contributed by atoms with Crippen LogP contribution in [0.3, 0.4) is 0 Å². The highest BCUT2D eigenvalue weighted by atomic mass is 16.2. The van der Waals surface area contributed by atoms with E-state index in [1.807, 2.05) is 63.2 Å². The summed E-state index contributed by atoms with van der Waals surface area (Å²) in [4.78, 5) is 69.7. The van der Waals surface area contributed by atoms with E-state index in [-0.39, 0.29) is 32.0 Å². The van der Waals surface area contributed by atoms with Crippen molar-refractivity contribution in [2.75, 3.05) is 13.1 Å². The lowest BCUT2D eigenvalue weighted by molar-refractivity contribution is -0.138. The van der Waals surface area contributed by atoms with Crippen molar-refractivity contribution in [1.29, 1.82) is 0 Å². The summed E-state index contributed by atoms with van der Waals surface area (Å²) in [5.74, 6) is -2.43. The molecule has 1 aliphatic heterocycles. The maximum absolute atomic E-state index is 13.7. The van der Waals surface area contributed by atoms with Gasteiger partial charge in [0.25, 0.3) is 0 Å². The van der Waals surface area contributed by atoms with Gasteiger partial charge in [-0.15, -0.1) is 0 Å². The zero-order valence-electron chi connectivity index (χ0n) is 26.2. The summed E-state index contributed by atoms with van der Waals surface area (Å²) in [5.41, 5.74) is 2.09. The van der Waals surface area contributed by atoms with Crippen molar-refractivity contribution >= 4 is 40.6 Å². The lowest BCUT2D eigenvalue weighted by Crippen LogP contribution is -2.57. The molecule has 45 heavy (non-hydrogen) atoms. The van der Waals surface area contributed by atoms with E-state index in [1.165, 1.54) is 16.6 Å². The Hall–Kier alpha value is -4.81. The van der Waals surface area contributed by atoms with Crippen LogP contribution < -0.4 is 21.3 Å². The van der Waals surface area contributed by atoms with Crippen LogP contribution in [0.25, 0.3) is 11.0 Å². The zero-order valence-corrected chi connectivity index (χ0v) is 26.2. The van der Waals surface area contributed by atoms with Crippen LogP contribution >= 0.6 is 0 Å². The van der Waals surface area contributed by atoms with Crippen LogP contribution in [0.2, 0.25) is 0 Å². The van der Waals surface area contributed by atoms with E-state index < -0.39 is 53.7 Å². The van der Waals surface area contributed by atoms with E-state index in [9.17, 15) is 24.0 Å². The summed E-state index contributed by atoms with van der Waals surface area (Å²) < 4.78 is 0. The quantitative estimate of drug-likeness (QED) is 0.306. The Morgan fingerprint density at radius 2 is 1.44 bits per heavy atom. The molecule has 1 saturated heterocycles. The number of benzene rings is 2. The zero-order chi connectivity index (χ0) is 32.5. The first kappa shape index (κ1) is 33.1. The first-order valence-corrected chi connectivity index (χ1v) is 15.3. The molecule has 1 fully saturated rings. The smallest absolute Gasteiger partial charge is 0.246 e. The summed E-state index contributed by atoms with van der Waals surface area (Å²) in [6.07, 6.45) is 0.989. The third-order valence-corrected chi connectivity index (χ3v) is 7.60. The van der Waals surface area contributed by atoms with E-state index in [2.05, 4.69) is 31.5 Å². The molecule has 0 unspecified atom stereocenters. The molecule has 0 bridgehead atoms. The summed E-state index contributed by atoms with van der Waals surface area (Å²) in [5, 5.41) is 19.9. The Kier molecular flexibility index (Phi) is 11.2. The predicted octanol–water partition coefficient (Wildman–Crippen LogP) is 0.931. The van der Waals surface area contributed by atoms with Crippen molar-refractivity contribution in [1.82, 2.24) is 41.2 Å². The minimum Gasteiger partial charge on any atom is -0.350 e. The van der Waals surface area contributed by atoms with Crippen molar-refractivity contribution in [3.8, 4) is 0 Å². The van der Waals surface area contributed by atoms with Gasteiger partial charge in [0, 0.05) is 19.0 Å². The molecule has 3 aromatic rings. The van der Waals surface area contributed by atoms with E-state index in [0.717, 1.165) is 5.56 Å². The van der Waals surface area contributed by atoms with Gasteiger partial charge in [-0.25, -0.2) is 0 Å². The average Bonchev–Trinajstić information content (AvgIpc) is 3.41. The van der Waals surface area contributed by atoms with E-state index in [1.54, 1.807) is 12.1 Å². The molecule has 1 aromatic heterocycles. The topological polar surface area (TPSA) is 167 Å². The molecular weight excluding hydrogens is 576 g/mol. The number of hydrogen-bond acceptors (Lipinski definition) is 7. The standard InChI is InChI=1S/C32H42N8O5/c1-5-23-17-39(29(42)19-40-37-24-13-9-10-14-25(24)38-40)18-28(41)33-21(4)30(43)35-26(15-20(2)3)32(45)36-27(31(44)34-23)16-22-11-7-6-8-12-22/h6-14,20-21,23,26-27H,5,15-19H2,1-4H3,(H,33,41)(H,34,44)(H,35,43)(H,36,45)/t21-,23+,26+,27+/m1/s1. The molecular formula is C32H42N8O5. The molecule has 0 aliphatic carbocycles. The minimum absolute atomic E-state index is 0.0117. The predicted molar refractivity (Wildman–Crippen MR) is 167 cm³/mol. The van der Waals surface area contributed by atoms with Crippen molar-refractivity contribution in [3.05, 3.63) is 60.2 Å². The molecule has 13 heteroatoms. The summed E-state index contributed by atoms with van der Waals surface area (Å²) in [6.45, 7) is 6.64. The number of rotatable bonds is 7. The number of nitrogens with zero attached hydrogens (tertiary/aromatic N) is 4. The van der Waals surface area contributed by atoms with Crippen molar-refractivity contribution in [3.63, 3.8) is 0 Å². The molecule has 5 amide bonds. The fourth-order valence-electron chi connectivity index (χ4n) is 5.15. The number of carbonyl (C=O) groups is 5. The molecule has 2 heterocycles. The van der Waals surface area contributed by atoms with Crippen molar-refractivity contribution in [2.45, 2.75) is 77.7 Å². The van der Waals surface area contributed by atoms with Gasteiger partial charge in [0.1, 0.15) is 35.7 Å². The Bertz CT molecular complexity index is 1470. The number of fused-ring (bicyclic) bond motifs is 1. The van der Waals surface area contributed by atoms with Gasteiger partial charge < -0.3 is 26.2 Å². The van der Waals surface area contributed by atoms with E-state index in [4.69, 9.17) is 0 Å². The highest BCUT2D eigenvalue weighted by molar-refractivity contribution is 5.95. The molecule has 1 aliphatic rings. The molecule has 4 atom stereocenters. The van der Waals surface area contributed by atoms with Gasteiger partial charge in [-0.1, -0.05) is 63.2 Å². The monoisotopic (exact) mass is 618 g/mol. The highest BCUT2D eigenvalue weighted by Crippen LogP contribution is 2.11. The lowest BCUT2D eigenvalue weighted by Gasteiger charge is -2.29. The van der Waals surface area contributed by atoms with Crippen LogP contribution in [-0.2, 0) is 36.9 Å². The lowest BCUT2D eigenvalue weighted by atomic mass is 10.0. The first-order chi connectivity index (χ1) is 21.5. The molecule has 0 saturated carbocycles. The summed E-state index contributed by atoms with van der Waals surface area (Å²) in [6, 6.07) is 13.1. The number of hydrogen-bond donors (Lipinski definition) is 4. The van der Waals surface area contributed by atoms with Crippen LogP contribution in [0.15, 0.2) is 54.6 Å². The highest BCUT2D eigenvalue weighted by Gasteiger charge is 2.32. The number of carbonyl (C=O) groups excluding carboxylic acids is 5. The Balaban J connectivity index is 1.63. The van der Waals surface area contributed by atoms with Crippen LogP contribution in [0.4, 0.5) is 0 Å². The molecule has 4 rings (SSSR count). The van der Waals surface area contributed by atoms with Gasteiger partial charge in [0.15, 0.2) is 0 Å². The third kappa shape index (κ3) is 9.34. The molecule has 2 aromatic carbocycles. The minimum atomic E-state index is -0.984. The van der Waals surface area contributed by atoms with Crippen molar-refractivity contribution in [2.24, 2.45) is 5.92 Å². The summed E-state index contributed by atoms with van der Waals surface area (Å²) in [7, 11) is 0. The molecule has 0 spiro atoms.